The highest BCUT2D eigenvalue weighted by Gasteiger charge is 2.17. The summed E-state index contributed by atoms with van der Waals surface area (Å²) >= 11 is 0. The Kier molecular flexibility index (Phi) is 2.73. The highest BCUT2D eigenvalue weighted by atomic mass is 16.3. The topological polar surface area (TPSA) is 49.3 Å². The van der Waals surface area contributed by atoms with E-state index in [-0.39, 0.29) is 18.1 Å². The molecule has 3 heteroatoms. The molecule has 0 radical (unpaired) electrons. The van der Waals surface area contributed by atoms with Crippen LogP contribution in [0.5, 0.6) is 5.75 Å². The number of rotatable bonds is 3. The molecular weight excluding hydrogens is 190 g/mol. The number of benzene rings is 1. The molecule has 3 nitrogen and oxygen atoms in total. The lowest BCUT2D eigenvalue weighted by atomic mass is 10.0. The highest BCUT2D eigenvalue weighted by Crippen LogP contribution is 2.29. The Labute approximate surface area is 89.1 Å². The molecule has 0 atom stereocenters. The number of aryl methyl sites for hydroxylation is 2. The molecule has 0 saturated heterocycles. The van der Waals surface area contributed by atoms with E-state index in [1.807, 2.05) is 6.07 Å². The minimum atomic E-state index is -0.0512. The molecule has 0 aliphatic heterocycles. The van der Waals surface area contributed by atoms with Gasteiger partial charge in [0.2, 0.25) is 0 Å². The summed E-state index contributed by atoms with van der Waals surface area (Å²) < 4.78 is 0. The molecule has 1 aromatic carbocycles. The van der Waals surface area contributed by atoms with E-state index in [1.54, 1.807) is 13.1 Å². The van der Waals surface area contributed by atoms with Crippen LogP contribution < -0.4 is 5.32 Å². The van der Waals surface area contributed by atoms with Crippen molar-refractivity contribution in [2.24, 2.45) is 0 Å². The van der Waals surface area contributed by atoms with E-state index in [0.29, 0.717) is 5.56 Å². The quantitative estimate of drug-likeness (QED) is 0.731. The maximum atomic E-state index is 11.6. The number of likely N-dealkylation sites (N-methyl/N-ethyl adjacent to an activating group) is 1. The molecule has 0 saturated carbocycles. The van der Waals surface area contributed by atoms with Crippen LogP contribution in [0, 0.1) is 0 Å². The number of hydrogen-bond donors (Lipinski definition) is 2. The van der Waals surface area contributed by atoms with Crippen molar-refractivity contribution in [1.82, 2.24) is 5.32 Å². The summed E-state index contributed by atoms with van der Waals surface area (Å²) in [5.41, 5.74) is 2.85. The van der Waals surface area contributed by atoms with Crippen LogP contribution in [0.15, 0.2) is 12.1 Å². The predicted molar refractivity (Wildman–Crippen MR) is 58.4 cm³/mol. The monoisotopic (exact) mass is 205 g/mol. The summed E-state index contributed by atoms with van der Waals surface area (Å²) in [6, 6.07) is 3.59. The SMILES string of the molecule is CNCC(=O)c1cc2c(cc1O)CCC2. The van der Waals surface area contributed by atoms with Crippen molar-refractivity contribution in [2.75, 3.05) is 13.6 Å². The average Bonchev–Trinajstić information content (AvgIpc) is 2.63. The average molecular weight is 205 g/mol. The number of carbonyl (C=O) groups excluding carboxylic acids is 1. The van der Waals surface area contributed by atoms with Gasteiger partial charge < -0.3 is 10.4 Å². The fourth-order valence-electron chi connectivity index (χ4n) is 2.09. The summed E-state index contributed by atoms with van der Waals surface area (Å²) in [7, 11) is 1.72. The van der Waals surface area contributed by atoms with E-state index in [4.69, 9.17) is 0 Å². The van der Waals surface area contributed by atoms with Crippen LogP contribution in [-0.2, 0) is 12.8 Å². The minimum absolute atomic E-state index is 0.0512. The van der Waals surface area contributed by atoms with Gasteiger partial charge in [0.05, 0.1) is 12.1 Å². The third-order valence-corrected chi connectivity index (χ3v) is 2.85. The molecule has 1 aliphatic carbocycles. The number of carbonyl (C=O) groups is 1. The minimum Gasteiger partial charge on any atom is -0.507 e. The number of phenolic OH excluding ortho intramolecular Hbond substituents is 1. The Balaban J connectivity index is 2.36. The highest BCUT2D eigenvalue weighted by molar-refractivity contribution is 6.00. The van der Waals surface area contributed by atoms with Crippen molar-refractivity contribution in [3.8, 4) is 5.75 Å². The maximum absolute atomic E-state index is 11.6. The normalized spacial score (nSPS) is 13.9. The lowest BCUT2D eigenvalue weighted by Crippen LogP contribution is -2.18. The van der Waals surface area contributed by atoms with E-state index in [0.717, 1.165) is 19.3 Å². The van der Waals surface area contributed by atoms with E-state index in [9.17, 15) is 9.90 Å². The first kappa shape index (κ1) is 10.2. The second kappa shape index (κ2) is 4.03. The fourth-order valence-corrected chi connectivity index (χ4v) is 2.09. The number of hydrogen-bond acceptors (Lipinski definition) is 3. The van der Waals surface area contributed by atoms with Crippen LogP contribution in [-0.4, -0.2) is 24.5 Å². The summed E-state index contributed by atoms with van der Waals surface area (Å²) in [6.45, 7) is 0.270. The number of ketones is 1. The van der Waals surface area contributed by atoms with Crippen molar-refractivity contribution < 1.29 is 9.90 Å². The van der Waals surface area contributed by atoms with Gasteiger partial charge in [0.25, 0.3) is 0 Å². The van der Waals surface area contributed by atoms with Gasteiger partial charge in [0.15, 0.2) is 5.78 Å². The zero-order valence-corrected chi connectivity index (χ0v) is 8.84. The molecule has 0 aromatic heterocycles. The van der Waals surface area contributed by atoms with Crippen LogP contribution in [0.25, 0.3) is 0 Å². The van der Waals surface area contributed by atoms with Crippen molar-refractivity contribution in [2.45, 2.75) is 19.3 Å². The van der Waals surface area contributed by atoms with Crippen LogP contribution in [0.1, 0.15) is 27.9 Å². The zero-order chi connectivity index (χ0) is 10.8. The zero-order valence-electron chi connectivity index (χ0n) is 8.84. The molecule has 1 aliphatic rings. The molecule has 0 spiro atoms. The van der Waals surface area contributed by atoms with Crippen LogP contribution in [0.4, 0.5) is 0 Å². The molecule has 2 N–H and O–H groups in total. The molecule has 2 rings (SSSR count). The first-order valence-corrected chi connectivity index (χ1v) is 5.25. The lowest BCUT2D eigenvalue weighted by Gasteiger charge is -2.07. The largest absolute Gasteiger partial charge is 0.507 e. The lowest BCUT2D eigenvalue weighted by molar-refractivity contribution is 0.0991. The smallest absolute Gasteiger partial charge is 0.180 e. The molecule has 80 valence electrons. The Morgan fingerprint density at radius 2 is 2.07 bits per heavy atom. The Morgan fingerprint density at radius 1 is 1.40 bits per heavy atom. The maximum Gasteiger partial charge on any atom is 0.180 e. The molecular formula is C12H15NO2. The number of nitrogens with one attached hydrogen (secondary N) is 1. The summed E-state index contributed by atoms with van der Waals surface area (Å²) in [5.74, 6) is 0.0700. The Bertz CT molecular complexity index is 399. The van der Waals surface area contributed by atoms with Crippen LogP contribution in [0.2, 0.25) is 0 Å². The Hall–Kier alpha value is -1.35. The summed E-state index contributed by atoms with van der Waals surface area (Å²) in [4.78, 5) is 11.6. The van der Waals surface area contributed by atoms with E-state index in [2.05, 4.69) is 5.32 Å². The summed E-state index contributed by atoms with van der Waals surface area (Å²) in [5, 5.41) is 12.5. The van der Waals surface area contributed by atoms with Gasteiger partial charge in [-0.15, -0.1) is 0 Å². The third kappa shape index (κ3) is 1.88. The van der Waals surface area contributed by atoms with Crippen LogP contribution >= 0.6 is 0 Å². The molecule has 1 aromatic rings. The van der Waals surface area contributed by atoms with Gasteiger partial charge in [0, 0.05) is 0 Å². The molecule has 15 heavy (non-hydrogen) atoms. The van der Waals surface area contributed by atoms with Gasteiger partial charge in [-0.2, -0.15) is 0 Å². The van der Waals surface area contributed by atoms with E-state index in [1.165, 1.54) is 11.1 Å². The van der Waals surface area contributed by atoms with Gasteiger partial charge in [-0.3, -0.25) is 4.79 Å². The van der Waals surface area contributed by atoms with Crippen molar-refractivity contribution >= 4 is 5.78 Å². The van der Waals surface area contributed by atoms with E-state index >= 15 is 0 Å². The molecule has 0 bridgehead atoms. The molecule has 0 fully saturated rings. The fraction of sp³-hybridized carbons (Fsp3) is 0.417. The van der Waals surface area contributed by atoms with Gasteiger partial charge >= 0.3 is 0 Å². The van der Waals surface area contributed by atoms with Gasteiger partial charge in [0.1, 0.15) is 5.75 Å². The Morgan fingerprint density at radius 3 is 2.73 bits per heavy atom. The first-order chi connectivity index (χ1) is 7.22. The van der Waals surface area contributed by atoms with Gasteiger partial charge in [-0.25, -0.2) is 0 Å². The number of fused-ring (bicyclic) bond motifs is 1. The number of aromatic hydroxyl groups is 1. The standard InChI is InChI=1S/C12H15NO2/c1-13-7-12(15)10-5-8-3-2-4-9(8)6-11(10)14/h5-6,13-14H,2-4,7H2,1H3. The van der Waals surface area contributed by atoms with Crippen molar-refractivity contribution in [3.05, 3.63) is 28.8 Å². The van der Waals surface area contributed by atoms with Gasteiger partial charge in [-0.05, 0) is 49.6 Å². The molecule has 0 heterocycles. The molecule has 0 unspecified atom stereocenters. The second-order valence-corrected chi connectivity index (χ2v) is 3.95. The predicted octanol–water partition coefficient (Wildman–Crippen LogP) is 1.28. The second-order valence-electron chi connectivity index (χ2n) is 3.95. The van der Waals surface area contributed by atoms with Crippen molar-refractivity contribution in [3.63, 3.8) is 0 Å². The molecule has 0 amide bonds. The third-order valence-electron chi connectivity index (χ3n) is 2.85. The number of Topliss-reactive ketones (excluding diaryl/α,β-unsaturated/α-hetero) is 1. The van der Waals surface area contributed by atoms with Crippen LogP contribution in [0.3, 0.4) is 0 Å². The first-order valence-electron chi connectivity index (χ1n) is 5.25. The summed E-state index contributed by atoms with van der Waals surface area (Å²) in [6.07, 6.45) is 3.16. The number of phenols is 1. The van der Waals surface area contributed by atoms with E-state index < -0.39 is 0 Å². The van der Waals surface area contributed by atoms with Gasteiger partial charge in [-0.1, -0.05) is 0 Å². The van der Waals surface area contributed by atoms with Crippen molar-refractivity contribution in [1.29, 1.82) is 0 Å².